The van der Waals surface area contributed by atoms with E-state index in [1.807, 2.05) is 25.1 Å². The lowest BCUT2D eigenvalue weighted by molar-refractivity contribution is 0.112. The Bertz CT molecular complexity index is 614. The summed E-state index contributed by atoms with van der Waals surface area (Å²) in [7, 11) is 0. The van der Waals surface area contributed by atoms with Gasteiger partial charge in [-0.25, -0.2) is 4.68 Å². The fourth-order valence-corrected chi connectivity index (χ4v) is 2.09. The third kappa shape index (κ3) is 2.38. The quantitative estimate of drug-likeness (QED) is 0.856. The first-order chi connectivity index (χ1) is 9.08. The van der Waals surface area contributed by atoms with Gasteiger partial charge in [0.1, 0.15) is 11.5 Å². The minimum atomic E-state index is 0.449. The molecule has 0 saturated heterocycles. The molecule has 0 saturated carbocycles. The van der Waals surface area contributed by atoms with Gasteiger partial charge in [0.2, 0.25) is 0 Å². The van der Waals surface area contributed by atoms with Crippen molar-refractivity contribution in [3.63, 3.8) is 0 Å². The molecule has 2 rings (SSSR count). The highest BCUT2D eigenvalue weighted by Gasteiger charge is 2.16. The molecule has 0 unspecified atom stereocenters. The average Bonchev–Trinajstić information content (AvgIpc) is 2.70. The van der Waals surface area contributed by atoms with Crippen molar-refractivity contribution in [3.05, 3.63) is 34.9 Å². The minimum absolute atomic E-state index is 0.449. The minimum Gasteiger partial charge on any atom is -0.383 e. The van der Waals surface area contributed by atoms with Crippen molar-refractivity contribution >= 4 is 12.1 Å². The number of carbonyl (C=O) groups excluding carboxylic acids is 1. The number of aldehydes is 1. The molecule has 100 valence electrons. The van der Waals surface area contributed by atoms with Crippen LogP contribution in [0.2, 0.25) is 0 Å². The zero-order valence-electron chi connectivity index (χ0n) is 11.6. The number of aromatic nitrogens is 2. The Labute approximate surface area is 113 Å². The van der Waals surface area contributed by atoms with Crippen LogP contribution in [0.1, 0.15) is 34.8 Å². The number of rotatable bonds is 4. The maximum Gasteiger partial charge on any atom is 0.156 e. The lowest BCUT2D eigenvalue weighted by Crippen LogP contribution is -2.04. The van der Waals surface area contributed by atoms with E-state index >= 15 is 0 Å². The first-order valence-corrected chi connectivity index (χ1v) is 6.47. The molecule has 1 aromatic carbocycles. The van der Waals surface area contributed by atoms with Crippen molar-refractivity contribution in [2.75, 3.05) is 5.73 Å². The van der Waals surface area contributed by atoms with E-state index < -0.39 is 0 Å². The monoisotopic (exact) mass is 257 g/mol. The molecular weight excluding hydrogens is 238 g/mol. The van der Waals surface area contributed by atoms with Gasteiger partial charge >= 0.3 is 0 Å². The molecule has 1 heterocycles. The number of hydrogen-bond donors (Lipinski definition) is 1. The van der Waals surface area contributed by atoms with E-state index in [0.29, 0.717) is 17.1 Å². The Morgan fingerprint density at radius 1 is 1.32 bits per heavy atom. The van der Waals surface area contributed by atoms with Gasteiger partial charge in [0.15, 0.2) is 6.29 Å². The van der Waals surface area contributed by atoms with Crippen LogP contribution < -0.4 is 5.73 Å². The Kier molecular flexibility index (Phi) is 3.69. The number of anilines is 1. The molecule has 0 amide bonds. The number of nitrogens with zero attached hydrogens (tertiary/aromatic N) is 2. The highest BCUT2D eigenvalue weighted by molar-refractivity contribution is 5.91. The van der Waals surface area contributed by atoms with E-state index in [1.165, 1.54) is 11.1 Å². The summed E-state index contributed by atoms with van der Waals surface area (Å²) in [4.78, 5) is 11.3. The summed E-state index contributed by atoms with van der Waals surface area (Å²) >= 11 is 0. The Morgan fingerprint density at radius 3 is 2.63 bits per heavy atom. The fraction of sp³-hybridized carbons (Fsp3) is 0.333. The highest BCUT2D eigenvalue weighted by Crippen LogP contribution is 2.27. The maximum atomic E-state index is 11.3. The van der Waals surface area contributed by atoms with Crippen molar-refractivity contribution in [2.24, 2.45) is 0 Å². The van der Waals surface area contributed by atoms with Crippen molar-refractivity contribution in [2.45, 2.75) is 33.7 Å². The fourth-order valence-electron chi connectivity index (χ4n) is 2.09. The van der Waals surface area contributed by atoms with Gasteiger partial charge in [-0.1, -0.05) is 19.1 Å². The summed E-state index contributed by atoms with van der Waals surface area (Å²) in [5, 5.41) is 4.47. The highest BCUT2D eigenvalue weighted by atomic mass is 16.1. The molecule has 2 aromatic rings. The molecule has 2 N–H and O–H groups in total. The van der Waals surface area contributed by atoms with Crippen LogP contribution in [0.5, 0.6) is 0 Å². The molecule has 4 heteroatoms. The molecule has 0 aliphatic rings. The standard InChI is InChI=1S/C15H19N3O/c1-4-7-18-15(16)13(9-19)14(17-18)12-6-5-10(2)11(3)8-12/h5-6,8-9H,4,7,16H2,1-3H3. The molecule has 19 heavy (non-hydrogen) atoms. The van der Waals surface area contributed by atoms with E-state index in [9.17, 15) is 4.79 Å². The van der Waals surface area contributed by atoms with Crippen molar-refractivity contribution in [1.82, 2.24) is 9.78 Å². The molecular formula is C15H19N3O. The largest absolute Gasteiger partial charge is 0.383 e. The number of carbonyl (C=O) groups is 1. The molecule has 0 aliphatic carbocycles. The predicted octanol–water partition coefficient (Wildman–Crippen LogP) is 2.97. The molecule has 4 nitrogen and oxygen atoms in total. The number of aryl methyl sites for hydroxylation is 3. The van der Waals surface area contributed by atoms with Gasteiger partial charge < -0.3 is 5.73 Å². The van der Waals surface area contributed by atoms with Gasteiger partial charge in [0, 0.05) is 12.1 Å². The molecule has 0 spiro atoms. The summed E-state index contributed by atoms with van der Waals surface area (Å²) in [5.41, 5.74) is 10.5. The van der Waals surface area contributed by atoms with Gasteiger partial charge in [-0.3, -0.25) is 4.79 Å². The first-order valence-electron chi connectivity index (χ1n) is 6.47. The Hall–Kier alpha value is -2.10. The smallest absolute Gasteiger partial charge is 0.156 e. The van der Waals surface area contributed by atoms with Crippen LogP contribution in [0.15, 0.2) is 18.2 Å². The van der Waals surface area contributed by atoms with E-state index in [-0.39, 0.29) is 0 Å². The molecule has 1 aromatic heterocycles. The van der Waals surface area contributed by atoms with Gasteiger partial charge in [0.25, 0.3) is 0 Å². The van der Waals surface area contributed by atoms with Crippen LogP contribution in [0.4, 0.5) is 5.82 Å². The lowest BCUT2D eigenvalue weighted by atomic mass is 10.0. The van der Waals surface area contributed by atoms with Crippen LogP contribution in [-0.4, -0.2) is 16.1 Å². The lowest BCUT2D eigenvalue weighted by Gasteiger charge is -2.03. The van der Waals surface area contributed by atoms with Crippen LogP contribution in [-0.2, 0) is 6.54 Å². The van der Waals surface area contributed by atoms with Gasteiger partial charge in [-0.2, -0.15) is 5.10 Å². The van der Waals surface area contributed by atoms with Crippen LogP contribution in [0.25, 0.3) is 11.3 Å². The third-order valence-electron chi connectivity index (χ3n) is 3.36. The van der Waals surface area contributed by atoms with Crippen LogP contribution in [0.3, 0.4) is 0 Å². The van der Waals surface area contributed by atoms with Crippen LogP contribution >= 0.6 is 0 Å². The molecule has 0 bridgehead atoms. The molecule has 0 radical (unpaired) electrons. The van der Waals surface area contributed by atoms with Crippen molar-refractivity contribution in [3.8, 4) is 11.3 Å². The first kappa shape index (κ1) is 13.3. The second kappa shape index (κ2) is 5.26. The predicted molar refractivity (Wildman–Crippen MR) is 77.2 cm³/mol. The van der Waals surface area contributed by atoms with Gasteiger partial charge in [0.05, 0.1) is 5.56 Å². The zero-order chi connectivity index (χ0) is 14.0. The molecule has 0 aliphatic heterocycles. The Balaban J connectivity index is 2.57. The number of hydrogen-bond acceptors (Lipinski definition) is 3. The van der Waals surface area contributed by atoms with Crippen LogP contribution in [0, 0.1) is 13.8 Å². The summed E-state index contributed by atoms with van der Waals surface area (Å²) in [6, 6.07) is 6.06. The third-order valence-corrected chi connectivity index (χ3v) is 3.36. The molecule has 0 atom stereocenters. The van der Waals surface area contributed by atoms with E-state index in [2.05, 4.69) is 18.9 Å². The SMILES string of the molecule is CCCn1nc(-c2ccc(C)c(C)c2)c(C=O)c1N. The molecule has 0 fully saturated rings. The summed E-state index contributed by atoms with van der Waals surface area (Å²) in [6.45, 7) is 6.88. The van der Waals surface area contributed by atoms with E-state index in [4.69, 9.17) is 5.73 Å². The summed E-state index contributed by atoms with van der Waals surface area (Å²) in [5.74, 6) is 0.449. The topological polar surface area (TPSA) is 60.9 Å². The number of nitrogens with two attached hydrogens (primary N) is 1. The van der Waals surface area contributed by atoms with E-state index in [0.717, 1.165) is 24.8 Å². The Morgan fingerprint density at radius 2 is 2.05 bits per heavy atom. The maximum absolute atomic E-state index is 11.3. The van der Waals surface area contributed by atoms with Crippen molar-refractivity contribution in [1.29, 1.82) is 0 Å². The number of benzene rings is 1. The zero-order valence-corrected chi connectivity index (χ0v) is 11.6. The number of nitrogen functional groups attached to an aromatic ring is 1. The summed E-state index contributed by atoms with van der Waals surface area (Å²) < 4.78 is 1.70. The average molecular weight is 257 g/mol. The second-order valence-electron chi connectivity index (χ2n) is 4.79. The second-order valence-corrected chi connectivity index (χ2v) is 4.79. The van der Waals surface area contributed by atoms with Crippen molar-refractivity contribution < 1.29 is 4.79 Å². The van der Waals surface area contributed by atoms with Gasteiger partial charge in [-0.05, 0) is 37.5 Å². The van der Waals surface area contributed by atoms with E-state index in [1.54, 1.807) is 4.68 Å². The normalized spacial score (nSPS) is 10.7. The van der Waals surface area contributed by atoms with Gasteiger partial charge in [-0.15, -0.1) is 0 Å². The summed E-state index contributed by atoms with van der Waals surface area (Å²) in [6.07, 6.45) is 1.72.